The molecule has 0 aromatic carbocycles. The standard InChI is InChI=1S/C20H22FN9O9P2S2/c21-10-15-9(36-20(10)30-6-27-11-16(22)23-3-24-17(11)30)2-35-40(33,42)38-14-7(1-8(13(14)31)37-41(34,43)39-15)29-5-28-12-18(29)25-4-26-19(12)32/h3-10,12-15,20,31H,1-2H2,(H,33,42)(H,34,43)(H2,22,23,24)/t7-,8+,9-,10+,12?,13+,14+,15-,20-,40?,41?/m1/s1. The number of fused-ring (bicyclic) bond motifs is 5. The van der Waals surface area contributed by atoms with Gasteiger partial charge in [0.2, 0.25) is 0 Å². The number of nitrogens with two attached hydrogens (primary N) is 1. The number of aliphatic hydroxyl groups is 1. The third-order valence-corrected chi connectivity index (χ3v) is 10.7. The molecule has 11 atom stereocenters. The monoisotopic (exact) mass is 677 g/mol. The Morgan fingerprint density at radius 3 is 2.81 bits per heavy atom. The number of nitrogen functional groups attached to an aromatic ring is 1. The van der Waals surface area contributed by atoms with E-state index in [1.807, 2.05) is 0 Å². The number of rotatable bonds is 2. The van der Waals surface area contributed by atoms with Crippen molar-refractivity contribution in [3.63, 3.8) is 0 Å². The summed E-state index contributed by atoms with van der Waals surface area (Å²) < 4.78 is 59.2. The number of hydrogen-bond acceptors (Lipinski definition) is 16. The van der Waals surface area contributed by atoms with Gasteiger partial charge in [-0.3, -0.25) is 23.4 Å². The first-order valence-electron chi connectivity index (χ1n) is 12.6. The fraction of sp³-hybridized carbons (Fsp3) is 0.550. The van der Waals surface area contributed by atoms with E-state index in [4.69, 9.17) is 40.4 Å². The van der Waals surface area contributed by atoms with E-state index in [-0.39, 0.29) is 29.2 Å². The van der Waals surface area contributed by atoms with Gasteiger partial charge in [-0.15, -0.1) is 0 Å². The van der Waals surface area contributed by atoms with Crippen molar-refractivity contribution in [2.45, 2.75) is 61.4 Å². The molecule has 2 bridgehead atoms. The van der Waals surface area contributed by atoms with Gasteiger partial charge >= 0.3 is 13.5 Å². The fourth-order valence-electron chi connectivity index (χ4n) is 5.58. The molecule has 2 aromatic heterocycles. The largest absolute Gasteiger partial charge is 0.388 e. The Bertz CT molecular complexity index is 1680. The lowest BCUT2D eigenvalue weighted by Gasteiger charge is -2.33. The van der Waals surface area contributed by atoms with Crippen LogP contribution in [0, 0.1) is 0 Å². The summed E-state index contributed by atoms with van der Waals surface area (Å²) in [6.45, 7) is -9.16. The number of amides is 1. The van der Waals surface area contributed by atoms with E-state index in [2.05, 4.69) is 42.2 Å². The normalized spacial score (nSPS) is 42.9. The van der Waals surface area contributed by atoms with E-state index in [1.54, 1.807) is 0 Å². The molecule has 7 rings (SSSR count). The Balaban J connectivity index is 1.18. The highest BCUT2D eigenvalue weighted by molar-refractivity contribution is 8.44. The number of amidine groups is 1. The van der Waals surface area contributed by atoms with Gasteiger partial charge in [0.25, 0.3) is 5.91 Å². The lowest BCUT2D eigenvalue weighted by Crippen LogP contribution is -2.48. The predicted octanol–water partition coefficient (Wildman–Crippen LogP) is -0.103. The number of carbonyl (C=O) groups excluding carboxylic acids is 1. The van der Waals surface area contributed by atoms with Gasteiger partial charge in [0.1, 0.15) is 48.4 Å². The number of aliphatic imine (C=N–C) groups is 3. The zero-order valence-corrected chi connectivity index (χ0v) is 25.0. The number of halogens is 1. The van der Waals surface area contributed by atoms with Crippen LogP contribution in [-0.4, -0.2) is 114 Å². The average molecular weight is 678 g/mol. The molecule has 230 valence electrons. The molecule has 18 nitrogen and oxygen atoms in total. The third-order valence-electron chi connectivity index (χ3n) is 7.49. The molecule has 1 aliphatic carbocycles. The molecule has 0 radical (unpaired) electrons. The fourth-order valence-corrected chi connectivity index (χ4v) is 8.89. The molecule has 1 amide bonds. The van der Waals surface area contributed by atoms with Crippen molar-refractivity contribution in [1.29, 1.82) is 0 Å². The summed E-state index contributed by atoms with van der Waals surface area (Å²) in [5.41, 5.74) is 6.21. The molecule has 23 heteroatoms. The number of alkyl halides is 1. The van der Waals surface area contributed by atoms with Gasteiger partial charge in [0.15, 0.2) is 29.9 Å². The Morgan fingerprint density at radius 1 is 1.19 bits per heavy atom. The van der Waals surface area contributed by atoms with E-state index in [9.17, 15) is 19.4 Å². The molecule has 3 unspecified atom stereocenters. The second-order valence-electron chi connectivity index (χ2n) is 10.0. The molecule has 6 heterocycles. The van der Waals surface area contributed by atoms with Gasteiger partial charge in [0, 0.05) is 6.42 Å². The maximum atomic E-state index is 16.0. The van der Waals surface area contributed by atoms with Crippen LogP contribution >= 0.6 is 25.8 Å². The highest BCUT2D eigenvalue weighted by Crippen LogP contribution is 2.60. The number of aromatic nitrogens is 4. The molecular formula is C20H22FN9O9P2S2. The van der Waals surface area contributed by atoms with Crippen LogP contribution in [0.3, 0.4) is 0 Å². The first kappa shape index (κ1) is 29.4. The molecule has 5 aliphatic rings. The van der Waals surface area contributed by atoms with Crippen LogP contribution in [0.25, 0.3) is 11.2 Å². The van der Waals surface area contributed by atoms with E-state index in [1.165, 1.54) is 28.5 Å². The molecule has 2 aromatic rings. The Morgan fingerprint density at radius 2 is 2.00 bits per heavy atom. The van der Waals surface area contributed by atoms with Gasteiger partial charge in [-0.25, -0.2) is 28.9 Å². The first-order valence-corrected chi connectivity index (χ1v) is 17.9. The van der Waals surface area contributed by atoms with Crippen molar-refractivity contribution in [2.75, 3.05) is 12.3 Å². The van der Waals surface area contributed by atoms with Gasteiger partial charge in [-0.2, -0.15) is 4.99 Å². The minimum atomic E-state index is -4.42. The predicted molar refractivity (Wildman–Crippen MR) is 152 cm³/mol. The minimum Gasteiger partial charge on any atom is -0.388 e. The number of nitrogens with zero attached hydrogens (tertiary/aromatic N) is 8. The average Bonchev–Trinajstić information content (AvgIpc) is 3.70. The minimum absolute atomic E-state index is 0.0625. The maximum Gasteiger partial charge on any atom is 0.386 e. The summed E-state index contributed by atoms with van der Waals surface area (Å²) in [5.74, 6) is -0.290. The van der Waals surface area contributed by atoms with E-state index in [0.29, 0.717) is 0 Å². The number of imidazole rings is 1. The topological polar surface area (TPSA) is 231 Å². The van der Waals surface area contributed by atoms with Crippen LogP contribution in [0.15, 0.2) is 27.6 Å². The number of ether oxygens (including phenoxy) is 1. The molecule has 43 heavy (non-hydrogen) atoms. The molecule has 4 N–H and O–H groups in total. The van der Waals surface area contributed by atoms with Crippen LogP contribution < -0.4 is 5.73 Å². The van der Waals surface area contributed by atoms with Gasteiger partial charge in [0.05, 0.1) is 31.4 Å². The van der Waals surface area contributed by atoms with Crippen LogP contribution in [0.5, 0.6) is 0 Å². The molecule has 4 aliphatic heterocycles. The Hall–Kier alpha value is -2.29. The van der Waals surface area contributed by atoms with Gasteiger partial charge < -0.3 is 34.4 Å². The number of aliphatic hydroxyl groups excluding tert-OH is 1. The number of hydrogen-bond donors (Lipinski definition) is 4. The summed E-state index contributed by atoms with van der Waals surface area (Å²) in [6, 6.07) is -1.88. The first-order chi connectivity index (χ1) is 20.4. The van der Waals surface area contributed by atoms with Crippen molar-refractivity contribution < 1.29 is 46.6 Å². The second-order valence-corrected chi connectivity index (χ2v) is 15.7. The quantitative estimate of drug-likeness (QED) is 0.240. The Labute approximate surface area is 251 Å². The zero-order valence-electron chi connectivity index (χ0n) is 21.5. The molecule has 0 spiro atoms. The third kappa shape index (κ3) is 5.15. The molecule has 3 fully saturated rings. The maximum absolute atomic E-state index is 16.0. The lowest BCUT2D eigenvalue weighted by molar-refractivity contribution is -0.117. The lowest BCUT2D eigenvalue weighted by atomic mass is 10.1. The van der Waals surface area contributed by atoms with Crippen molar-refractivity contribution in [2.24, 2.45) is 15.0 Å². The van der Waals surface area contributed by atoms with E-state index < -0.39 is 81.0 Å². The molecule has 2 saturated heterocycles. The van der Waals surface area contributed by atoms with Gasteiger partial charge in [-0.1, -0.05) is 12.2 Å². The Kier molecular flexibility index (Phi) is 7.29. The zero-order chi connectivity index (χ0) is 30.3. The number of carbonyl (C=O) groups is 1. The SMILES string of the molecule is Nc1ncnc2c1ncn2[C@@H]1O[C@@H]2COP(O)(=S)O[C@@H]3[C@@H](O)[C@H](C[C@H]3N3C=NC4C(=O)N=CN=C43)OP(=O)(S)O[C@H]2[C@@H]1F. The van der Waals surface area contributed by atoms with Crippen LogP contribution in [-0.2, 0) is 44.0 Å². The summed E-state index contributed by atoms with van der Waals surface area (Å²) in [4.78, 5) is 48.6. The highest BCUT2D eigenvalue weighted by atomic mass is 32.7. The van der Waals surface area contributed by atoms with Crippen molar-refractivity contribution in [3.05, 3.63) is 12.7 Å². The van der Waals surface area contributed by atoms with E-state index in [0.717, 1.165) is 6.34 Å². The summed E-state index contributed by atoms with van der Waals surface area (Å²) >= 11 is 9.29. The summed E-state index contributed by atoms with van der Waals surface area (Å²) in [6.07, 6.45) is -5.79. The van der Waals surface area contributed by atoms with Crippen LogP contribution in [0.2, 0.25) is 0 Å². The second kappa shape index (κ2) is 10.7. The van der Waals surface area contributed by atoms with Crippen molar-refractivity contribution in [3.8, 4) is 0 Å². The van der Waals surface area contributed by atoms with Crippen LogP contribution in [0.4, 0.5) is 10.2 Å². The summed E-state index contributed by atoms with van der Waals surface area (Å²) in [7, 11) is 0. The van der Waals surface area contributed by atoms with E-state index >= 15 is 4.39 Å². The van der Waals surface area contributed by atoms with Crippen LogP contribution in [0.1, 0.15) is 12.6 Å². The van der Waals surface area contributed by atoms with Crippen molar-refractivity contribution >= 4 is 79.0 Å². The molecule has 1 saturated carbocycles. The smallest absolute Gasteiger partial charge is 0.386 e. The number of thiol groups is 1. The molecular weight excluding hydrogens is 655 g/mol. The van der Waals surface area contributed by atoms with Gasteiger partial charge in [-0.05, 0) is 11.8 Å². The van der Waals surface area contributed by atoms with Crippen molar-refractivity contribution in [1.82, 2.24) is 24.4 Å². The highest BCUT2D eigenvalue weighted by Gasteiger charge is 2.56. The number of anilines is 1. The summed E-state index contributed by atoms with van der Waals surface area (Å²) in [5, 5.41) is 11.2.